The quantitative estimate of drug-likeness (QED) is 0.684. The molecule has 0 bridgehead atoms. The summed E-state index contributed by atoms with van der Waals surface area (Å²) in [7, 11) is 0. The zero-order valence-electron chi connectivity index (χ0n) is 13.9. The first kappa shape index (κ1) is 17.2. The Hall–Kier alpha value is -3.61. The number of carbonyl (C=O) groups excluding carboxylic acids is 2. The van der Waals surface area contributed by atoms with Crippen LogP contribution in [0.3, 0.4) is 0 Å². The maximum absolute atomic E-state index is 12.9. The highest BCUT2D eigenvalue weighted by Gasteiger charge is 2.10. The van der Waals surface area contributed by atoms with Gasteiger partial charge in [-0.25, -0.2) is 14.4 Å². The average Bonchev–Trinajstić information content (AvgIpc) is 2.64. The average molecular weight is 350 g/mol. The molecule has 3 rings (SSSR count). The third kappa shape index (κ3) is 4.27. The number of hydrogen-bond donors (Lipinski definition) is 2. The van der Waals surface area contributed by atoms with Crippen LogP contribution in [0.15, 0.2) is 60.9 Å². The molecular formula is C19H15FN4O2. The Kier molecular flexibility index (Phi) is 4.98. The van der Waals surface area contributed by atoms with Crippen LogP contribution in [0.5, 0.6) is 0 Å². The van der Waals surface area contributed by atoms with Crippen LogP contribution in [0.1, 0.15) is 27.8 Å². The molecule has 0 aliphatic rings. The van der Waals surface area contributed by atoms with Crippen LogP contribution in [-0.2, 0) is 0 Å². The van der Waals surface area contributed by atoms with Crippen molar-refractivity contribution in [1.29, 1.82) is 0 Å². The van der Waals surface area contributed by atoms with Gasteiger partial charge in [-0.3, -0.25) is 9.59 Å². The minimum atomic E-state index is -0.436. The molecule has 130 valence electrons. The number of nitrogens with zero attached hydrogens (tertiary/aromatic N) is 2. The van der Waals surface area contributed by atoms with Crippen LogP contribution in [0.2, 0.25) is 0 Å². The molecule has 1 aromatic heterocycles. The molecule has 3 aromatic rings. The van der Waals surface area contributed by atoms with Gasteiger partial charge >= 0.3 is 0 Å². The van der Waals surface area contributed by atoms with Crippen LogP contribution >= 0.6 is 0 Å². The second-order valence-corrected chi connectivity index (χ2v) is 5.51. The Morgan fingerprint density at radius 3 is 2.23 bits per heavy atom. The summed E-state index contributed by atoms with van der Waals surface area (Å²) in [6, 6.07) is 13.8. The molecule has 2 N–H and O–H groups in total. The van der Waals surface area contributed by atoms with E-state index in [4.69, 9.17) is 0 Å². The minimum Gasteiger partial charge on any atom is -0.340 e. The predicted octanol–water partition coefficient (Wildman–Crippen LogP) is 3.81. The summed E-state index contributed by atoms with van der Waals surface area (Å²) in [5.74, 6) is -0.403. The molecule has 2 aromatic carbocycles. The summed E-state index contributed by atoms with van der Waals surface area (Å²) >= 11 is 0. The Morgan fingerprint density at radius 2 is 1.58 bits per heavy atom. The molecular weight excluding hydrogens is 335 g/mol. The van der Waals surface area contributed by atoms with E-state index >= 15 is 0 Å². The molecule has 1 heterocycles. The SMILES string of the molecule is CC(=O)c1ccc(Nc2cc(C(=O)Nc3ccc(F)cc3)ncn2)cc1. The van der Waals surface area contributed by atoms with Gasteiger partial charge in [-0.2, -0.15) is 0 Å². The molecule has 0 radical (unpaired) electrons. The van der Waals surface area contributed by atoms with Gasteiger partial charge in [-0.1, -0.05) is 0 Å². The monoisotopic (exact) mass is 350 g/mol. The first-order valence-corrected chi connectivity index (χ1v) is 7.78. The smallest absolute Gasteiger partial charge is 0.274 e. The molecule has 1 amide bonds. The molecule has 0 spiro atoms. The number of hydrogen-bond acceptors (Lipinski definition) is 5. The normalized spacial score (nSPS) is 10.2. The molecule has 0 aliphatic heterocycles. The van der Waals surface area contributed by atoms with Gasteiger partial charge in [0.05, 0.1) is 0 Å². The number of rotatable bonds is 5. The maximum Gasteiger partial charge on any atom is 0.274 e. The summed E-state index contributed by atoms with van der Waals surface area (Å²) in [6.07, 6.45) is 1.27. The van der Waals surface area contributed by atoms with Gasteiger partial charge in [0.1, 0.15) is 23.7 Å². The maximum atomic E-state index is 12.9. The Labute approximate surface area is 149 Å². The van der Waals surface area contributed by atoms with E-state index < -0.39 is 5.91 Å². The molecule has 0 unspecified atom stereocenters. The largest absolute Gasteiger partial charge is 0.340 e. The number of carbonyl (C=O) groups is 2. The second-order valence-electron chi connectivity index (χ2n) is 5.51. The van der Waals surface area contributed by atoms with E-state index in [9.17, 15) is 14.0 Å². The highest BCUT2D eigenvalue weighted by atomic mass is 19.1. The molecule has 0 atom stereocenters. The number of anilines is 3. The number of ketones is 1. The zero-order valence-corrected chi connectivity index (χ0v) is 13.9. The third-order valence-electron chi connectivity index (χ3n) is 3.57. The van der Waals surface area contributed by atoms with Gasteiger partial charge in [0.2, 0.25) is 0 Å². The fourth-order valence-corrected chi connectivity index (χ4v) is 2.21. The van der Waals surface area contributed by atoms with E-state index in [2.05, 4.69) is 20.6 Å². The molecule has 0 saturated heterocycles. The summed E-state index contributed by atoms with van der Waals surface area (Å²) in [5, 5.41) is 5.68. The van der Waals surface area contributed by atoms with Crippen molar-refractivity contribution >= 4 is 28.9 Å². The van der Waals surface area contributed by atoms with Gasteiger partial charge in [-0.15, -0.1) is 0 Å². The lowest BCUT2D eigenvalue weighted by molar-refractivity contribution is 0.101. The van der Waals surface area contributed by atoms with Gasteiger partial charge in [0, 0.05) is 23.0 Å². The fraction of sp³-hybridized carbons (Fsp3) is 0.0526. The van der Waals surface area contributed by atoms with E-state index in [0.717, 1.165) is 5.69 Å². The van der Waals surface area contributed by atoms with Crippen molar-refractivity contribution in [2.75, 3.05) is 10.6 Å². The number of benzene rings is 2. The van der Waals surface area contributed by atoms with E-state index in [1.54, 1.807) is 24.3 Å². The Morgan fingerprint density at radius 1 is 0.923 bits per heavy atom. The first-order chi connectivity index (χ1) is 12.5. The highest BCUT2D eigenvalue weighted by molar-refractivity contribution is 6.03. The Bertz CT molecular complexity index is 941. The van der Waals surface area contributed by atoms with Crippen LogP contribution in [0.4, 0.5) is 21.6 Å². The Balaban J connectivity index is 1.72. The zero-order chi connectivity index (χ0) is 18.5. The molecule has 0 saturated carbocycles. The minimum absolute atomic E-state index is 0.0154. The standard InChI is InChI=1S/C19H15FN4O2/c1-12(25)13-2-6-15(7-3-13)23-18-10-17(21-11-22-18)19(26)24-16-8-4-14(20)5-9-16/h2-11H,1H3,(H,24,26)(H,21,22,23). The molecule has 26 heavy (non-hydrogen) atoms. The van der Waals surface area contributed by atoms with Crippen LogP contribution in [0.25, 0.3) is 0 Å². The molecule has 7 heteroatoms. The second kappa shape index (κ2) is 7.52. The lowest BCUT2D eigenvalue weighted by atomic mass is 10.1. The van der Waals surface area contributed by atoms with Crippen LogP contribution < -0.4 is 10.6 Å². The van der Waals surface area contributed by atoms with E-state index in [1.165, 1.54) is 43.6 Å². The lowest BCUT2D eigenvalue weighted by Crippen LogP contribution is -2.14. The molecule has 0 fully saturated rings. The van der Waals surface area contributed by atoms with Crippen LogP contribution in [-0.4, -0.2) is 21.7 Å². The summed E-state index contributed by atoms with van der Waals surface area (Å²) in [6.45, 7) is 1.50. The summed E-state index contributed by atoms with van der Waals surface area (Å²) in [4.78, 5) is 31.6. The van der Waals surface area contributed by atoms with E-state index in [1.807, 2.05) is 0 Å². The van der Waals surface area contributed by atoms with Crippen molar-refractivity contribution in [3.63, 3.8) is 0 Å². The van der Waals surface area contributed by atoms with Gasteiger partial charge in [-0.05, 0) is 55.5 Å². The molecule has 0 aliphatic carbocycles. The third-order valence-corrected chi connectivity index (χ3v) is 3.57. The van der Waals surface area contributed by atoms with E-state index in [-0.39, 0.29) is 17.3 Å². The summed E-state index contributed by atoms with van der Waals surface area (Å²) < 4.78 is 12.9. The van der Waals surface area contributed by atoms with Crippen molar-refractivity contribution in [2.45, 2.75) is 6.92 Å². The van der Waals surface area contributed by atoms with E-state index in [0.29, 0.717) is 17.1 Å². The van der Waals surface area contributed by atoms with Crippen molar-refractivity contribution in [1.82, 2.24) is 9.97 Å². The number of nitrogens with one attached hydrogen (secondary N) is 2. The van der Waals surface area contributed by atoms with Gasteiger partial charge in [0.25, 0.3) is 5.91 Å². The topological polar surface area (TPSA) is 84.0 Å². The molecule has 6 nitrogen and oxygen atoms in total. The van der Waals surface area contributed by atoms with Crippen molar-refractivity contribution in [2.24, 2.45) is 0 Å². The number of Topliss-reactive ketones (excluding diaryl/α,β-unsaturated/α-hetero) is 1. The number of aromatic nitrogens is 2. The first-order valence-electron chi connectivity index (χ1n) is 7.78. The number of amides is 1. The van der Waals surface area contributed by atoms with Crippen molar-refractivity contribution in [3.8, 4) is 0 Å². The van der Waals surface area contributed by atoms with Crippen LogP contribution in [0, 0.1) is 5.82 Å². The summed E-state index contributed by atoms with van der Waals surface area (Å²) in [5.41, 5.74) is 1.95. The lowest BCUT2D eigenvalue weighted by Gasteiger charge is -2.08. The fourth-order valence-electron chi connectivity index (χ4n) is 2.21. The highest BCUT2D eigenvalue weighted by Crippen LogP contribution is 2.16. The van der Waals surface area contributed by atoms with Crippen molar-refractivity contribution < 1.29 is 14.0 Å². The number of halogens is 1. The van der Waals surface area contributed by atoms with Crippen molar-refractivity contribution in [3.05, 3.63) is 78.0 Å². The van der Waals surface area contributed by atoms with Gasteiger partial charge in [0.15, 0.2) is 5.78 Å². The van der Waals surface area contributed by atoms with Gasteiger partial charge < -0.3 is 10.6 Å². The predicted molar refractivity (Wildman–Crippen MR) is 96.1 cm³/mol.